The molecule has 0 unspecified atom stereocenters. The molecule has 0 bridgehead atoms. The monoisotopic (exact) mass is 563 g/mol. The highest BCUT2D eigenvalue weighted by atomic mass is 16.5. The lowest BCUT2D eigenvalue weighted by atomic mass is 10.0. The van der Waals surface area contributed by atoms with E-state index in [9.17, 15) is 9.59 Å². The lowest BCUT2D eigenvalue weighted by Gasteiger charge is -2.29. The molecule has 5 rings (SSSR count). The van der Waals surface area contributed by atoms with Crippen molar-refractivity contribution in [3.63, 3.8) is 0 Å². The largest absolute Gasteiger partial charge is 0.496 e. The van der Waals surface area contributed by atoms with Crippen molar-refractivity contribution < 1.29 is 14.3 Å². The smallest absolute Gasteiger partial charge is 0.254 e. The highest BCUT2D eigenvalue weighted by Gasteiger charge is 2.25. The lowest BCUT2D eigenvalue weighted by Crippen LogP contribution is -2.40. The average Bonchev–Trinajstić information content (AvgIpc) is 3.03. The molecule has 4 aromatic rings. The van der Waals surface area contributed by atoms with E-state index in [-0.39, 0.29) is 11.8 Å². The molecule has 1 heterocycles. The first-order valence-corrected chi connectivity index (χ1v) is 14.9. The number of benzene rings is 4. The van der Waals surface area contributed by atoms with Crippen LogP contribution < -0.4 is 9.64 Å². The summed E-state index contributed by atoms with van der Waals surface area (Å²) >= 11 is 0. The van der Waals surface area contributed by atoms with Gasteiger partial charge in [-0.2, -0.15) is 0 Å². The summed E-state index contributed by atoms with van der Waals surface area (Å²) in [7, 11) is 1.65. The van der Waals surface area contributed by atoms with E-state index in [1.54, 1.807) is 7.11 Å². The zero-order chi connectivity index (χ0) is 29.5. The van der Waals surface area contributed by atoms with Crippen molar-refractivity contribution in [1.29, 1.82) is 0 Å². The predicted molar refractivity (Wildman–Crippen MR) is 170 cm³/mol. The van der Waals surface area contributed by atoms with E-state index in [1.807, 2.05) is 101 Å². The Morgan fingerprint density at radius 2 is 1.50 bits per heavy atom. The van der Waals surface area contributed by atoms with Gasteiger partial charge < -0.3 is 19.4 Å². The number of ether oxygens (including phenoxy) is 1. The van der Waals surface area contributed by atoms with Crippen molar-refractivity contribution >= 4 is 28.3 Å². The molecule has 4 aromatic carbocycles. The third kappa shape index (κ3) is 6.82. The Morgan fingerprint density at radius 1 is 0.786 bits per heavy atom. The van der Waals surface area contributed by atoms with Crippen LogP contribution >= 0.6 is 0 Å². The van der Waals surface area contributed by atoms with Gasteiger partial charge in [0.1, 0.15) is 5.75 Å². The highest BCUT2D eigenvalue weighted by molar-refractivity contribution is 6.08. The van der Waals surface area contributed by atoms with Gasteiger partial charge in [-0.25, -0.2) is 0 Å². The summed E-state index contributed by atoms with van der Waals surface area (Å²) in [6.07, 6.45) is 1.20. The molecule has 0 spiro atoms. The van der Waals surface area contributed by atoms with E-state index in [0.717, 1.165) is 59.4 Å². The topological polar surface area (TPSA) is 53.1 Å². The summed E-state index contributed by atoms with van der Waals surface area (Å²) in [4.78, 5) is 34.5. The number of carbonyl (C=O) groups excluding carboxylic acids is 2. The van der Waals surface area contributed by atoms with Crippen LogP contribution in [0.25, 0.3) is 10.8 Å². The molecule has 0 aliphatic carbocycles. The van der Waals surface area contributed by atoms with E-state index >= 15 is 0 Å². The molecule has 0 radical (unpaired) electrons. The fourth-order valence-corrected chi connectivity index (χ4v) is 5.94. The molecule has 0 N–H and O–H groups in total. The van der Waals surface area contributed by atoms with Gasteiger partial charge in [-0.15, -0.1) is 0 Å². The Kier molecular flexibility index (Phi) is 9.55. The summed E-state index contributed by atoms with van der Waals surface area (Å²) in [5, 5.41) is 1.80. The molecule has 0 atom stereocenters. The van der Waals surface area contributed by atoms with Crippen molar-refractivity contribution in [3.8, 4) is 5.75 Å². The molecule has 0 saturated carbocycles. The normalized spacial score (nSPS) is 14.9. The van der Waals surface area contributed by atoms with Crippen molar-refractivity contribution in [2.24, 2.45) is 5.92 Å². The Balaban J connectivity index is 1.53. The fraction of sp³-hybridized carbons (Fsp3) is 0.333. The van der Waals surface area contributed by atoms with Crippen LogP contribution in [0, 0.1) is 5.92 Å². The number of hydrogen-bond donors (Lipinski definition) is 0. The highest BCUT2D eigenvalue weighted by Crippen LogP contribution is 2.30. The van der Waals surface area contributed by atoms with Gasteiger partial charge in [-0.05, 0) is 53.6 Å². The fourth-order valence-electron chi connectivity index (χ4n) is 5.94. The van der Waals surface area contributed by atoms with E-state index in [1.165, 1.54) is 0 Å². The van der Waals surface area contributed by atoms with Gasteiger partial charge in [-0.3, -0.25) is 9.59 Å². The van der Waals surface area contributed by atoms with E-state index in [4.69, 9.17) is 4.74 Å². The van der Waals surface area contributed by atoms with Gasteiger partial charge in [0, 0.05) is 49.4 Å². The number of anilines is 1. The van der Waals surface area contributed by atoms with Gasteiger partial charge >= 0.3 is 0 Å². The third-order valence-electron chi connectivity index (χ3n) is 7.93. The van der Waals surface area contributed by atoms with Crippen LogP contribution in [0.3, 0.4) is 0 Å². The first kappa shape index (κ1) is 29.3. The summed E-state index contributed by atoms with van der Waals surface area (Å²) in [6.45, 7) is 8.68. The molecule has 6 nitrogen and oxygen atoms in total. The molecule has 1 aliphatic rings. The Morgan fingerprint density at radius 3 is 2.26 bits per heavy atom. The van der Waals surface area contributed by atoms with Crippen LogP contribution in [-0.2, 0) is 17.8 Å². The molecule has 6 heteroatoms. The van der Waals surface area contributed by atoms with Crippen LogP contribution in [0.15, 0.2) is 91.0 Å². The number of carbonyl (C=O) groups is 2. The minimum Gasteiger partial charge on any atom is -0.496 e. The molecular formula is C36H41N3O3. The molecule has 1 aliphatic heterocycles. The van der Waals surface area contributed by atoms with Crippen molar-refractivity contribution in [2.75, 3.05) is 44.7 Å². The van der Waals surface area contributed by atoms with Gasteiger partial charge in [0.05, 0.1) is 13.5 Å². The second-order valence-corrected chi connectivity index (χ2v) is 11.5. The number of rotatable bonds is 6. The Bertz CT molecular complexity index is 1520. The van der Waals surface area contributed by atoms with Gasteiger partial charge in [0.2, 0.25) is 5.91 Å². The number of methoxy groups -OCH3 is 1. The van der Waals surface area contributed by atoms with Crippen LogP contribution in [0.5, 0.6) is 5.75 Å². The number of fused-ring (bicyclic) bond motifs is 2. The second kappa shape index (κ2) is 13.7. The van der Waals surface area contributed by atoms with Gasteiger partial charge in [-0.1, -0.05) is 86.6 Å². The number of nitrogens with zero attached hydrogens (tertiary/aromatic N) is 3. The molecule has 0 fully saturated rings. The first-order valence-electron chi connectivity index (χ1n) is 14.9. The van der Waals surface area contributed by atoms with Gasteiger partial charge in [0.15, 0.2) is 0 Å². The molecule has 0 saturated heterocycles. The second-order valence-electron chi connectivity index (χ2n) is 11.5. The third-order valence-corrected chi connectivity index (χ3v) is 7.93. The molecule has 218 valence electrons. The minimum absolute atomic E-state index is 0.0189. The lowest BCUT2D eigenvalue weighted by molar-refractivity contribution is -0.118. The first-order chi connectivity index (χ1) is 20.4. The van der Waals surface area contributed by atoms with E-state index < -0.39 is 0 Å². The number of amides is 2. The summed E-state index contributed by atoms with van der Waals surface area (Å²) in [5.74, 6) is 1.30. The summed E-state index contributed by atoms with van der Waals surface area (Å²) in [5.41, 5.74) is 3.51. The standard InChI is InChI=1S/C36H41N3O3/c1-27(2)25-37-20-11-21-39(35(40)24-28-12-5-4-6-13-28)33-17-10-7-14-29(33)26-38(23-22-37)36(41)32-18-19-34(42-3)31-16-9-8-15-30(31)32/h4-10,12-19,27H,11,20-26H2,1-3H3. The quantitative estimate of drug-likeness (QED) is 0.271. The van der Waals surface area contributed by atoms with Crippen LogP contribution in [-0.4, -0.2) is 61.4 Å². The number of para-hydroxylation sites is 1. The zero-order valence-corrected chi connectivity index (χ0v) is 25.0. The van der Waals surface area contributed by atoms with Crippen molar-refractivity contribution in [3.05, 3.63) is 108 Å². The molecule has 0 aromatic heterocycles. The maximum atomic E-state index is 14.3. The van der Waals surface area contributed by atoms with Crippen molar-refractivity contribution in [2.45, 2.75) is 33.2 Å². The number of hydrogen-bond acceptors (Lipinski definition) is 4. The zero-order valence-electron chi connectivity index (χ0n) is 25.0. The van der Waals surface area contributed by atoms with E-state index in [0.29, 0.717) is 37.5 Å². The minimum atomic E-state index is -0.0189. The average molecular weight is 564 g/mol. The maximum Gasteiger partial charge on any atom is 0.254 e. The molecule has 42 heavy (non-hydrogen) atoms. The van der Waals surface area contributed by atoms with Crippen LogP contribution in [0.1, 0.15) is 41.8 Å². The maximum absolute atomic E-state index is 14.3. The van der Waals surface area contributed by atoms with Crippen molar-refractivity contribution in [1.82, 2.24) is 9.80 Å². The molecule has 2 amide bonds. The predicted octanol–water partition coefficient (Wildman–Crippen LogP) is 6.43. The van der Waals surface area contributed by atoms with Crippen LogP contribution in [0.4, 0.5) is 5.69 Å². The van der Waals surface area contributed by atoms with Crippen LogP contribution in [0.2, 0.25) is 0 Å². The Labute approximate surface area is 249 Å². The molecular weight excluding hydrogens is 522 g/mol. The van der Waals surface area contributed by atoms with E-state index in [2.05, 4.69) is 18.7 Å². The van der Waals surface area contributed by atoms with Gasteiger partial charge in [0.25, 0.3) is 5.91 Å². The summed E-state index contributed by atoms with van der Waals surface area (Å²) in [6, 6.07) is 29.6. The Hall–Kier alpha value is -4.16. The summed E-state index contributed by atoms with van der Waals surface area (Å²) < 4.78 is 5.59. The SMILES string of the molecule is COc1ccc(C(=O)N2CCN(CC(C)C)CCCN(C(=O)Cc3ccccc3)c3ccccc3C2)c2ccccc12.